The third kappa shape index (κ3) is 4.03. The molecule has 1 aromatic carbocycles. The number of aromatic nitrogens is 2. The van der Waals surface area contributed by atoms with Gasteiger partial charge in [0.25, 0.3) is 5.91 Å². The molecule has 2 aromatic rings. The van der Waals surface area contributed by atoms with Crippen LogP contribution in [0.25, 0.3) is 10.9 Å². The lowest BCUT2D eigenvalue weighted by Crippen LogP contribution is -2.41. The molecule has 1 aromatic heterocycles. The van der Waals surface area contributed by atoms with Crippen molar-refractivity contribution in [1.82, 2.24) is 15.1 Å². The number of aliphatic hydroxyl groups is 1. The van der Waals surface area contributed by atoms with Crippen molar-refractivity contribution in [3.05, 3.63) is 30.0 Å². The number of carbonyl (C=O) groups is 1. The summed E-state index contributed by atoms with van der Waals surface area (Å²) in [4.78, 5) is 12.7. The highest BCUT2D eigenvalue weighted by Gasteiger charge is 2.23. The van der Waals surface area contributed by atoms with E-state index in [0.717, 1.165) is 17.4 Å². The van der Waals surface area contributed by atoms with Crippen LogP contribution in [0.15, 0.2) is 24.3 Å². The number of hydrogen-bond donors (Lipinski definition) is 2. The van der Waals surface area contributed by atoms with Crippen LogP contribution < -0.4 is 5.32 Å². The molecule has 0 spiro atoms. The molecule has 1 aliphatic carbocycles. The van der Waals surface area contributed by atoms with E-state index in [4.69, 9.17) is 0 Å². The number of benzene rings is 1. The summed E-state index contributed by atoms with van der Waals surface area (Å²) in [5, 5.41) is 18.0. The van der Waals surface area contributed by atoms with E-state index in [0.29, 0.717) is 11.6 Å². The van der Waals surface area contributed by atoms with Crippen molar-refractivity contribution in [2.24, 2.45) is 11.8 Å². The molecule has 1 saturated carbocycles. The Morgan fingerprint density at radius 1 is 1.28 bits per heavy atom. The topological polar surface area (TPSA) is 67.2 Å². The lowest BCUT2D eigenvalue weighted by Gasteiger charge is -2.21. The quantitative estimate of drug-likeness (QED) is 0.845. The van der Waals surface area contributed by atoms with Crippen molar-refractivity contribution >= 4 is 16.8 Å². The fraction of sp³-hybridized carbons (Fsp3) is 0.600. The third-order valence-corrected chi connectivity index (χ3v) is 5.35. The van der Waals surface area contributed by atoms with Crippen molar-refractivity contribution in [2.45, 2.75) is 58.5 Å². The highest BCUT2D eigenvalue weighted by molar-refractivity contribution is 6.05. The lowest BCUT2D eigenvalue weighted by molar-refractivity contribution is 0.0892. The molecule has 0 aliphatic heterocycles. The Bertz CT molecular complexity index is 717. The van der Waals surface area contributed by atoms with Gasteiger partial charge in [0.05, 0.1) is 18.2 Å². The Hall–Kier alpha value is -1.88. The van der Waals surface area contributed by atoms with Crippen molar-refractivity contribution < 1.29 is 9.90 Å². The van der Waals surface area contributed by atoms with Crippen LogP contribution in [-0.4, -0.2) is 33.4 Å². The van der Waals surface area contributed by atoms with Crippen LogP contribution in [0.5, 0.6) is 0 Å². The molecule has 1 atom stereocenters. The van der Waals surface area contributed by atoms with E-state index in [1.807, 2.05) is 42.8 Å². The third-order valence-electron chi connectivity index (χ3n) is 5.35. The van der Waals surface area contributed by atoms with Gasteiger partial charge >= 0.3 is 0 Å². The summed E-state index contributed by atoms with van der Waals surface area (Å²) in [7, 11) is 0. The first-order valence-electron chi connectivity index (χ1n) is 9.47. The number of carbonyl (C=O) groups excluding carboxylic acids is 1. The molecule has 25 heavy (non-hydrogen) atoms. The minimum absolute atomic E-state index is 0.0654. The number of amides is 1. The molecule has 2 N–H and O–H groups in total. The molecule has 0 unspecified atom stereocenters. The van der Waals surface area contributed by atoms with E-state index in [9.17, 15) is 9.90 Å². The van der Waals surface area contributed by atoms with E-state index < -0.39 is 0 Å². The monoisotopic (exact) mass is 343 g/mol. The van der Waals surface area contributed by atoms with Crippen LogP contribution in [0.4, 0.5) is 0 Å². The van der Waals surface area contributed by atoms with Gasteiger partial charge in [0.2, 0.25) is 0 Å². The van der Waals surface area contributed by atoms with E-state index in [-0.39, 0.29) is 24.5 Å². The van der Waals surface area contributed by atoms with Gasteiger partial charge in [-0.25, -0.2) is 0 Å². The maximum atomic E-state index is 12.7. The first kappa shape index (κ1) is 17.9. The molecular formula is C20H29N3O2. The van der Waals surface area contributed by atoms with Crippen LogP contribution in [-0.2, 0) is 6.54 Å². The van der Waals surface area contributed by atoms with E-state index in [2.05, 4.69) is 10.4 Å². The summed E-state index contributed by atoms with van der Waals surface area (Å²) in [5.74, 6) is 0.615. The summed E-state index contributed by atoms with van der Waals surface area (Å²) in [6, 6.07) is 7.67. The van der Waals surface area contributed by atoms with Gasteiger partial charge in [0, 0.05) is 11.9 Å². The number of rotatable bonds is 6. The highest BCUT2D eigenvalue weighted by atomic mass is 16.3. The van der Waals surface area contributed by atoms with Gasteiger partial charge in [0.1, 0.15) is 0 Å². The Morgan fingerprint density at radius 2 is 2.00 bits per heavy atom. The maximum Gasteiger partial charge on any atom is 0.272 e. The predicted octanol–water partition coefficient (Wildman–Crippen LogP) is 3.36. The minimum Gasteiger partial charge on any atom is -0.394 e. The second kappa shape index (κ2) is 8.00. The molecule has 3 rings (SSSR count). The Kier molecular flexibility index (Phi) is 5.74. The molecule has 5 heteroatoms. The maximum absolute atomic E-state index is 12.7. The van der Waals surface area contributed by atoms with Gasteiger partial charge in [-0.1, -0.05) is 51.3 Å². The fourth-order valence-electron chi connectivity index (χ4n) is 3.71. The molecule has 1 fully saturated rings. The van der Waals surface area contributed by atoms with Crippen molar-refractivity contribution in [1.29, 1.82) is 0 Å². The van der Waals surface area contributed by atoms with Crippen LogP contribution in [0.3, 0.4) is 0 Å². The summed E-state index contributed by atoms with van der Waals surface area (Å²) in [6.45, 7) is 4.79. The Morgan fingerprint density at radius 3 is 2.68 bits per heavy atom. The predicted molar refractivity (Wildman–Crippen MR) is 99.5 cm³/mol. The number of para-hydroxylation sites is 1. The summed E-state index contributed by atoms with van der Waals surface area (Å²) >= 11 is 0. The molecule has 1 heterocycles. The molecular weight excluding hydrogens is 314 g/mol. The number of nitrogens with zero attached hydrogens (tertiary/aromatic N) is 2. The SMILES string of the molecule is CC(C)[C@@H](CO)NC(=O)c1nn(CC2CCCCC2)c2ccccc12. The zero-order chi connectivity index (χ0) is 17.8. The van der Waals surface area contributed by atoms with Crippen LogP contribution in [0.1, 0.15) is 56.4 Å². The van der Waals surface area contributed by atoms with Crippen LogP contribution in [0.2, 0.25) is 0 Å². The minimum atomic E-state index is -0.255. The number of fused-ring (bicyclic) bond motifs is 1. The zero-order valence-corrected chi connectivity index (χ0v) is 15.2. The van der Waals surface area contributed by atoms with Crippen molar-refractivity contribution in [3.63, 3.8) is 0 Å². The zero-order valence-electron chi connectivity index (χ0n) is 15.2. The van der Waals surface area contributed by atoms with Crippen LogP contribution in [0, 0.1) is 11.8 Å². The fourth-order valence-corrected chi connectivity index (χ4v) is 3.71. The molecule has 0 radical (unpaired) electrons. The smallest absolute Gasteiger partial charge is 0.272 e. The second-order valence-corrected chi connectivity index (χ2v) is 7.56. The Labute approximate surface area is 149 Å². The molecule has 1 amide bonds. The number of nitrogens with one attached hydrogen (secondary N) is 1. The average Bonchev–Trinajstić information content (AvgIpc) is 2.99. The van der Waals surface area contributed by atoms with Gasteiger partial charge in [-0.05, 0) is 30.7 Å². The summed E-state index contributed by atoms with van der Waals surface area (Å²) < 4.78 is 2.00. The largest absolute Gasteiger partial charge is 0.394 e. The van der Waals surface area contributed by atoms with E-state index >= 15 is 0 Å². The van der Waals surface area contributed by atoms with Gasteiger partial charge in [0.15, 0.2) is 5.69 Å². The normalized spacial score (nSPS) is 17.1. The summed E-state index contributed by atoms with van der Waals surface area (Å²) in [6.07, 6.45) is 6.42. The first-order chi connectivity index (χ1) is 12.1. The highest BCUT2D eigenvalue weighted by Crippen LogP contribution is 2.27. The standard InChI is InChI=1S/C20H29N3O2/c1-14(2)17(13-24)21-20(25)19-16-10-6-7-11-18(16)23(22-19)12-15-8-4-3-5-9-15/h6-7,10-11,14-15,17,24H,3-5,8-9,12-13H2,1-2H3,(H,21,25)/t17-/m1/s1. The Balaban J connectivity index is 1.86. The van der Waals surface area contributed by atoms with Crippen molar-refractivity contribution in [3.8, 4) is 0 Å². The van der Waals surface area contributed by atoms with Crippen LogP contribution >= 0.6 is 0 Å². The molecule has 1 aliphatic rings. The van der Waals surface area contributed by atoms with E-state index in [1.54, 1.807) is 0 Å². The number of hydrogen-bond acceptors (Lipinski definition) is 3. The molecule has 5 nitrogen and oxygen atoms in total. The van der Waals surface area contributed by atoms with Gasteiger partial charge in [-0.15, -0.1) is 0 Å². The second-order valence-electron chi connectivity index (χ2n) is 7.56. The number of aliphatic hydroxyl groups excluding tert-OH is 1. The van der Waals surface area contributed by atoms with Crippen molar-refractivity contribution in [2.75, 3.05) is 6.61 Å². The average molecular weight is 343 g/mol. The van der Waals surface area contributed by atoms with Gasteiger partial charge < -0.3 is 10.4 Å². The molecule has 0 saturated heterocycles. The first-order valence-corrected chi connectivity index (χ1v) is 9.47. The van der Waals surface area contributed by atoms with E-state index in [1.165, 1.54) is 32.1 Å². The summed E-state index contributed by atoms with van der Waals surface area (Å²) in [5.41, 5.74) is 1.48. The molecule has 136 valence electrons. The lowest BCUT2D eigenvalue weighted by atomic mass is 9.89. The van der Waals surface area contributed by atoms with Gasteiger partial charge in [-0.3, -0.25) is 9.48 Å². The van der Waals surface area contributed by atoms with Gasteiger partial charge in [-0.2, -0.15) is 5.10 Å². The molecule has 0 bridgehead atoms.